The summed E-state index contributed by atoms with van der Waals surface area (Å²) in [5.41, 5.74) is 0.437. The van der Waals surface area contributed by atoms with Gasteiger partial charge in [0.1, 0.15) is 18.8 Å². The van der Waals surface area contributed by atoms with E-state index in [4.69, 9.17) is 4.74 Å². The van der Waals surface area contributed by atoms with Gasteiger partial charge in [-0.1, -0.05) is 6.07 Å². The third-order valence-electron chi connectivity index (χ3n) is 5.38. The fourth-order valence-corrected chi connectivity index (χ4v) is 4.03. The number of rotatable bonds is 3. The molecule has 1 aromatic heterocycles. The molecule has 4 aliphatic rings. The van der Waals surface area contributed by atoms with E-state index in [1.807, 2.05) is 9.80 Å². The summed E-state index contributed by atoms with van der Waals surface area (Å²) in [6.45, 7) is 2.64. The predicted octanol–water partition coefficient (Wildman–Crippen LogP) is 0.597. The first-order chi connectivity index (χ1) is 12.6. The van der Waals surface area contributed by atoms with Crippen molar-refractivity contribution in [2.45, 2.75) is 18.9 Å². The molecule has 0 saturated carbocycles. The molecule has 8 heteroatoms. The lowest BCUT2D eigenvalue weighted by atomic mass is 9.95. The van der Waals surface area contributed by atoms with Crippen LogP contribution < -0.4 is 0 Å². The number of carbonyl (C=O) groups is 3. The van der Waals surface area contributed by atoms with Crippen molar-refractivity contribution in [1.82, 2.24) is 19.7 Å². The Kier molecular flexibility index (Phi) is 4.48. The molecule has 138 valence electrons. The highest BCUT2D eigenvalue weighted by Crippen LogP contribution is 2.29. The van der Waals surface area contributed by atoms with Crippen LogP contribution in [0.25, 0.3) is 0 Å². The fraction of sp³-hybridized carbons (Fsp3) is 0.556. The number of aromatic nitrogens is 1. The lowest BCUT2D eigenvalue weighted by molar-refractivity contribution is -0.135. The molecule has 0 radical (unpaired) electrons. The second-order valence-electron chi connectivity index (χ2n) is 7.10. The zero-order valence-corrected chi connectivity index (χ0v) is 14.5. The zero-order valence-electron chi connectivity index (χ0n) is 14.5. The van der Waals surface area contributed by atoms with Crippen LogP contribution in [-0.4, -0.2) is 83.0 Å². The molecule has 4 fully saturated rings. The molecule has 1 aromatic rings. The predicted molar refractivity (Wildman–Crippen MR) is 91.3 cm³/mol. The number of nitrogens with zero attached hydrogens (tertiary/aromatic N) is 4. The molecule has 4 saturated heterocycles. The molecule has 3 amide bonds. The fourth-order valence-electron chi connectivity index (χ4n) is 4.03. The topological polar surface area (TPSA) is 83.0 Å². The minimum Gasteiger partial charge on any atom is -0.448 e. The van der Waals surface area contributed by atoms with E-state index in [2.05, 4.69) is 4.98 Å². The lowest BCUT2D eigenvalue weighted by Crippen LogP contribution is -2.51. The Hall–Kier alpha value is -2.64. The van der Waals surface area contributed by atoms with Crippen molar-refractivity contribution < 1.29 is 19.1 Å². The van der Waals surface area contributed by atoms with E-state index >= 15 is 0 Å². The average Bonchev–Trinajstić information content (AvgIpc) is 2.87. The maximum atomic E-state index is 12.8. The molecule has 4 aliphatic heterocycles. The standard InChI is InChI=1S/C18H22N4O4/c23-16(12-20-7-8-26-18(20)25)22-10-13-4-5-14(22)11-21(9-13)17(24)15-3-1-2-6-19-15/h1-3,6,13-14H,4-5,7-12H2. The second kappa shape index (κ2) is 6.93. The maximum absolute atomic E-state index is 12.8. The summed E-state index contributed by atoms with van der Waals surface area (Å²) in [7, 11) is 0. The van der Waals surface area contributed by atoms with Gasteiger partial charge < -0.3 is 14.5 Å². The zero-order chi connectivity index (χ0) is 18.1. The third kappa shape index (κ3) is 3.23. The maximum Gasteiger partial charge on any atom is 0.410 e. The number of fused-ring (bicyclic) bond motifs is 4. The van der Waals surface area contributed by atoms with Gasteiger partial charge in [-0.15, -0.1) is 0 Å². The van der Waals surface area contributed by atoms with Gasteiger partial charge in [-0.2, -0.15) is 0 Å². The van der Waals surface area contributed by atoms with Crippen LogP contribution in [0.2, 0.25) is 0 Å². The van der Waals surface area contributed by atoms with Gasteiger partial charge in [-0.3, -0.25) is 19.5 Å². The van der Waals surface area contributed by atoms with E-state index in [-0.39, 0.29) is 30.3 Å². The number of pyridine rings is 1. The average molecular weight is 358 g/mol. The Bertz CT molecular complexity index is 710. The summed E-state index contributed by atoms with van der Waals surface area (Å²) in [5, 5.41) is 0. The van der Waals surface area contributed by atoms with E-state index in [0.717, 1.165) is 12.8 Å². The normalized spacial score (nSPS) is 25.2. The number of carbonyl (C=O) groups excluding carboxylic acids is 3. The van der Waals surface area contributed by atoms with E-state index in [1.54, 1.807) is 24.4 Å². The van der Waals surface area contributed by atoms with Crippen molar-refractivity contribution >= 4 is 17.9 Å². The summed E-state index contributed by atoms with van der Waals surface area (Å²) in [4.78, 5) is 46.4. The Balaban J connectivity index is 1.45. The minimum absolute atomic E-state index is 0.00691. The third-order valence-corrected chi connectivity index (χ3v) is 5.38. The highest BCUT2D eigenvalue weighted by atomic mass is 16.6. The minimum atomic E-state index is -0.426. The van der Waals surface area contributed by atoms with Gasteiger partial charge in [0.2, 0.25) is 5.91 Å². The number of ether oxygens (including phenoxy) is 1. The van der Waals surface area contributed by atoms with Crippen molar-refractivity contribution in [3.8, 4) is 0 Å². The molecule has 2 bridgehead atoms. The first-order valence-corrected chi connectivity index (χ1v) is 9.03. The first kappa shape index (κ1) is 16.8. The van der Waals surface area contributed by atoms with Crippen LogP contribution in [0, 0.1) is 5.92 Å². The molecule has 0 aromatic carbocycles. The van der Waals surface area contributed by atoms with Gasteiger partial charge in [0.25, 0.3) is 5.91 Å². The van der Waals surface area contributed by atoms with Crippen LogP contribution in [0.5, 0.6) is 0 Å². The Labute approximate surface area is 151 Å². The SMILES string of the molecule is O=C1OCCN1CC(=O)N1CC2CCC1CN(C(=O)c1ccccn1)C2. The summed E-state index contributed by atoms with van der Waals surface area (Å²) in [5.74, 6) is 0.112. The van der Waals surface area contributed by atoms with Gasteiger partial charge >= 0.3 is 6.09 Å². The molecule has 0 spiro atoms. The van der Waals surface area contributed by atoms with Crippen molar-refractivity contribution in [3.05, 3.63) is 30.1 Å². The molecular formula is C18H22N4O4. The van der Waals surface area contributed by atoms with Gasteiger partial charge in [0.05, 0.1) is 6.54 Å². The number of amides is 3. The largest absolute Gasteiger partial charge is 0.448 e. The summed E-state index contributed by atoms with van der Waals surface area (Å²) in [6, 6.07) is 5.30. The molecule has 5 heterocycles. The molecule has 0 aliphatic carbocycles. The van der Waals surface area contributed by atoms with Crippen LogP contribution >= 0.6 is 0 Å². The monoisotopic (exact) mass is 358 g/mol. The summed E-state index contributed by atoms with van der Waals surface area (Å²) < 4.78 is 4.89. The van der Waals surface area contributed by atoms with Crippen LogP contribution in [0.1, 0.15) is 23.3 Å². The Morgan fingerprint density at radius 3 is 2.81 bits per heavy atom. The number of hydrogen-bond acceptors (Lipinski definition) is 5. The number of piperidine rings is 1. The molecular weight excluding hydrogens is 336 g/mol. The lowest BCUT2D eigenvalue weighted by Gasteiger charge is -2.36. The van der Waals surface area contributed by atoms with Crippen LogP contribution in [0.15, 0.2) is 24.4 Å². The van der Waals surface area contributed by atoms with Crippen molar-refractivity contribution in [3.63, 3.8) is 0 Å². The molecule has 5 rings (SSSR count). The Morgan fingerprint density at radius 2 is 2.08 bits per heavy atom. The van der Waals surface area contributed by atoms with E-state index in [1.165, 1.54) is 4.90 Å². The molecule has 2 atom stereocenters. The summed E-state index contributed by atoms with van der Waals surface area (Å²) in [6.07, 6.45) is 3.08. The van der Waals surface area contributed by atoms with Gasteiger partial charge in [0.15, 0.2) is 0 Å². The van der Waals surface area contributed by atoms with Crippen molar-refractivity contribution in [2.24, 2.45) is 5.92 Å². The molecule has 0 N–H and O–H groups in total. The number of hydrogen-bond donors (Lipinski definition) is 0. The second-order valence-corrected chi connectivity index (χ2v) is 7.10. The van der Waals surface area contributed by atoms with Crippen LogP contribution in [0.4, 0.5) is 4.79 Å². The van der Waals surface area contributed by atoms with Crippen molar-refractivity contribution in [1.29, 1.82) is 0 Å². The summed E-state index contributed by atoms with van der Waals surface area (Å²) >= 11 is 0. The van der Waals surface area contributed by atoms with Gasteiger partial charge in [-0.25, -0.2) is 4.79 Å². The van der Waals surface area contributed by atoms with Crippen molar-refractivity contribution in [2.75, 3.05) is 39.3 Å². The van der Waals surface area contributed by atoms with E-state index < -0.39 is 6.09 Å². The number of cyclic esters (lactones) is 1. The molecule has 2 unspecified atom stereocenters. The van der Waals surface area contributed by atoms with Crippen LogP contribution in [-0.2, 0) is 9.53 Å². The Morgan fingerprint density at radius 1 is 1.19 bits per heavy atom. The highest BCUT2D eigenvalue weighted by molar-refractivity contribution is 5.92. The van der Waals surface area contributed by atoms with E-state index in [9.17, 15) is 14.4 Å². The highest BCUT2D eigenvalue weighted by Gasteiger charge is 2.39. The molecule has 26 heavy (non-hydrogen) atoms. The molecule has 8 nitrogen and oxygen atoms in total. The quantitative estimate of drug-likeness (QED) is 0.790. The first-order valence-electron chi connectivity index (χ1n) is 9.03. The smallest absolute Gasteiger partial charge is 0.410 e. The van der Waals surface area contributed by atoms with Gasteiger partial charge in [-0.05, 0) is 30.9 Å². The van der Waals surface area contributed by atoms with Crippen LogP contribution in [0.3, 0.4) is 0 Å². The van der Waals surface area contributed by atoms with Gasteiger partial charge in [0, 0.05) is 31.9 Å². The van der Waals surface area contributed by atoms with E-state index in [0.29, 0.717) is 38.5 Å².